The zero-order valence-corrected chi connectivity index (χ0v) is 67.1. The summed E-state index contributed by atoms with van der Waals surface area (Å²) in [5.41, 5.74) is 39.0. The molecule has 19 aromatic carbocycles. The Labute approximate surface area is 705 Å². The minimum Gasteiger partial charge on any atom is -0.455 e. The van der Waals surface area contributed by atoms with Crippen LogP contribution in [0.1, 0.15) is 25.0 Å². The first-order valence-corrected chi connectivity index (χ1v) is 41.6. The molecule has 0 spiro atoms. The molecule has 21 aromatic rings. The molecule has 121 heavy (non-hydrogen) atoms. The van der Waals surface area contributed by atoms with E-state index in [1.165, 1.54) is 106 Å². The first-order valence-electron chi connectivity index (χ1n) is 41.6. The molecule has 0 N–H and O–H groups in total. The topological polar surface area (TPSA) is 32.8 Å². The van der Waals surface area contributed by atoms with E-state index in [9.17, 15) is 0 Å². The molecule has 0 bridgehead atoms. The number of benzene rings is 19. The van der Waals surface area contributed by atoms with E-state index in [1.807, 2.05) is 18.2 Å². The van der Waals surface area contributed by atoms with Gasteiger partial charge in [-0.2, -0.15) is 0 Å². The number of hydrogen-bond donors (Lipinski definition) is 0. The SMILES string of the molecule is CC1(C)c2cc(-c3cccc4c3oc3ccccc34)ccc2-c2ccc(N(c3ccc(-c4ccccc4)cc3)c3ccc(-c4ccc(-c5ccccc5)cc4)cc3)cc21.c1ccc(-c2ccc(-c3ccc(N(c4ccc(-c5ccc(-c6ccccc6)cc5)cc4)c4ccc(-c5ccc(-c6cccc7c6oc6ccccc67)cc5)cc4)cc3)cc2)cc1. The number of anilines is 6. The Morgan fingerprint density at radius 2 is 0.388 bits per heavy atom. The minimum atomic E-state index is -0.225. The van der Waals surface area contributed by atoms with Crippen LogP contribution in [0.15, 0.2) is 470 Å². The molecule has 0 amide bonds. The van der Waals surface area contributed by atoms with Crippen molar-refractivity contribution in [2.45, 2.75) is 19.3 Å². The normalized spacial score (nSPS) is 12.0. The average molecular weight is 1550 g/mol. The summed E-state index contributed by atoms with van der Waals surface area (Å²) in [6.45, 7) is 4.73. The van der Waals surface area contributed by atoms with Crippen LogP contribution in [0, 0.1) is 0 Å². The lowest BCUT2D eigenvalue weighted by atomic mass is 9.81. The van der Waals surface area contributed by atoms with Crippen LogP contribution in [0.4, 0.5) is 34.1 Å². The molecule has 22 rings (SSSR count). The highest BCUT2D eigenvalue weighted by atomic mass is 16.3. The van der Waals surface area contributed by atoms with Crippen LogP contribution in [-0.4, -0.2) is 0 Å². The largest absolute Gasteiger partial charge is 0.455 e. The number of para-hydroxylation sites is 4. The van der Waals surface area contributed by atoms with Crippen LogP contribution >= 0.6 is 0 Å². The van der Waals surface area contributed by atoms with Crippen LogP contribution in [0.25, 0.3) is 166 Å². The molecule has 0 fully saturated rings. The van der Waals surface area contributed by atoms with Crippen LogP contribution < -0.4 is 9.80 Å². The molecule has 4 heteroatoms. The first kappa shape index (κ1) is 73.0. The van der Waals surface area contributed by atoms with Gasteiger partial charge < -0.3 is 18.6 Å². The maximum atomic E-state index is 6.48. The van der Waals surface area contributed by atoms with Gasteiger partial charge in [-0.3, -0.25) is 0 Å². The predicted molar refractivity (Wildman–Crippen MR) is 509 cm³/mol. The van der Waals surface area contributed by atoms with Crippen molar-refractivity contribution in [1.29, 1.82) is 0 Å². The summed E-state index contributed by atoms with van der Waals surface area (Å²) in [5, 5.41) is 4.58. The molecule has 0 atom stereocenters. The zero-order chi connectivity index (χ0) is 80.7. The summed E-state index contributed by atoms with van der Waals surface area (Å²) in [5.74, 6) is 0. The first-order chi connectivity index (χ1) is 59.7. The van der Waals surface area contributed by atoms with Gasteiger partial charge in [-0.05, 0) is 213 Å². The quantitative estimate of drug-likeness (QED) is 0.0965. The molecule has 0 saturated carbocycles. The van der Waals surface area contributed by atoms with Crippen molar-refractivity contribution in [1.82, 2.24) is 0 Å². The summed E-state index contributed by atoms with van der Waals surface area (Å²) < 4.78 is 12.8. The van der Waals surface area contributed by atoms with E-state index in [0.29, 0.717) is 0 Å². The summed E-state index contributed by atoms with van der Waals surface area (Å²) in [7, 11) is 0. The molecule has 0 unspecified atom stereocenters. The second-order valence-electron chi connectivity index (χ2n) is 31.9. The molecule has 0 radical (unpaired) electrons. The Kier molecular flexibility index (Phi) is 19.0. The molecule has 2 aromatic heterocycles. The van der Waals surface area contributed by atoms with E-state index in [-0.39, 0.29) is 5.41 Å². The van der Waals surface area contributed by atoms with Gasteiger partial charge in [0.1, 0.15) is 22.3 Å². The smallest absolute Gasteiger partial charge is 0.143 e. The van der Waals surface area contributed by atoms with Crippen molar-refractivity contribution in [2.75, 3.05) is 9.80 Å². The third-order valence-corrected chi connectivity index (χ3v) is 24.3. The van der Waals surface area contributed by atoms with Crippen molar-refractivity contribution < 1.29 is 8.83 Å². The Morgan fingerprint density at radius 3 is 0.711 bits per heavy atom. The van der Waals surface area contributed by atoms with E-state index < -0.39 is 0 Å². The van der Waals surface area contributed by atoms with Gasteiger partial charge in [-0.1, -0.05) is 384 Å². The highest BCUT2D eigenvalue weighted by molar-refractivity contribution is 6.11. The standard InChI is InChI=1S/C60H41NO.C57H41NO/c1-3-10-42(11-4-1)44-18-22-46(23-19-44)49-30-36-53(37-31-49)61(54-38-32-50(33-39-54)47-24-20-45(21-25-47)43-12-5-2-6-13-43)55-40-34-51(35-41-55)48-26-28-52(29-27-48)56-15-9-16-58-57-14-7-8-17-59(57)62-60(56)58;1-57(2)53-36-44(48-17-11-18-52-51-16-9-10-19-55(51)59-56(48)52)28-34-49(53)50-35-33-47(37-54(50)57)58(45-29-24-42(25-30-45)39-14-7-4-8-15-39)46-31-26-43(27-32-46)41-22-20-40(21-23-41)38-12-5-3-6-13-38/h1-41H;3-37H,1-2H3. The molecule has 2 heterocycles. The lowest BCUT2D eigenvalue weighted by molar-refractivity contribution is 0.660. The number of fused-ring (bicyclic) bond motifs is 9. The predicted octanol–water partition coefficient (Wildman–Crippen LogP) is 33.1. The van der Waals surface area contributed by atoms with Gasteiger partial charge in [0, 0.05) is 72.2 Å². The van der Waals surface area contributed by atoms with Gasteiger partial charge in [0.2, 0.25) is 0 Å². The fourth-order valence-corrected chi connectivity index (χ4v) is 17.8. The second-order valence-corrected chi connectivity index (χ2v) is 31.9. The van der Waals surface area contributed by atoms with E-state index in [1.54, 1.807) is 0 Å². The number of nitrogens with zero attached hydrogens (tertiary/aromatic N) is 2. The Balaban J connectivity index is 0.000000150. The second kappa shape index (κ2) is 31.4. The summed E-state index contributed by atoms with van der Waals surface area (Å²) in [6.07, 6.45) is 0. The average Bonchev–Trinajstić information content (AvgIpc) is 1.57. The molecule has 1 aliphatic carbocycles. The van der Waals surface area contributed by atoms with Gasteiger partial charge in [0.15, 0.2) is 0 Å². The lowest BCUT2D eigenvalue weighted by Gasteiger charge is -2.28. The number of rotatable bonds is 16. The Hall–Kier alpha value is -15.6. The van der Waals surface area contributed by atoms with Gasteiger partial charge in [0.25, 0.3) is 0 Å². The van der Waals surface area contributed by atoms with E-state index in [0.717, 1.165) is 106 Å². The molecular formula is C117H82N2O2. The van der Waals surface area contributed by atoms with Crippen molar-refractivity contribution in [3.05, 3.63) is 472 Å². The van der Waals surface area contributed by atoms with E-state index in [2.05, 4.69) is 466 Å². The van der Waals surface area contributed by atoms with Crippen molar-refractivity contribution in [3.63, 3.8) is 0 Å². The van der Waals surface area contributed by atoms with Gasteiger partial charge in [0.05, 0.1) is 0 Å². The van der Waals surface area contributed by atoms with Crippen LogP contribution in [-0.2, 0) is 5.41 Å². The lowest BCUT2D eigenvalue weighted by Crippen LogP contribution is -2.16. The van der Waals surface area contributed by atoms with Crippen LogP contribution in [0.3, 0.4) is 0 Å². The molecular weight excluding hydrogens is 1470 g/mol. The summed E-state index contributed by atoms with van der Waals surface area (Å²) >= 11 is 0. The van der Waals surface area contributed by atoms with Crippen LogP contribution in [0.5, 0.6) is 0 Å². The van der Waals surface area contributed by atoms with Gasteiger partial charge >= 0.3 is 0 Å². The van der Waals surface area contributed by atoms with Crippen molar-refractivity contribution in [2.24, 2.45) is 0 Å². The van der Waals surface area contributed by atoms with E-state index >= 15 is 0 Å². The van der Waals surface area contributed by atoms with Gasteiger partial charge in [-0.15, -0.1) is 0 Å². The monoisotopic (exact) mass is 1550 g/mol. The van der Waals surface area contributed by atoms with Crippen LogP contribution in [0.2, 0.25) is 0 Å². The fraction of sp³-hybridized carbons (Fsp3) is 0.0256. The fourth-order valence-electron chi connectivity index (χ4n) is 17.8. The third-order valence-electron chi connectivity index (χ3n) is 24.3. The third kappa shape index (κ3) is 14.1. The molecule has 4 nitrogen and oxygen atoms in total. The van der Waals surface area contributed by atoms with E-state index in [4.69, 9.17) is 8.83 Å². The maximum Gasteiger partial charge on any atom is 0.143 e. The number of hydrogen-bond acceptors (Lipinski definition) is 4. The van der Waals surface area contributed by atoms with Crippen molar-refractivity contribution >= 4 is 78.0 Å². The molecule has 0 aliphatic heterocycles. The minimum absolute atomic E-state index is 0.225. The molecule has 572 valence electrons. The Bertz CT molecular complexity index is 7160. The maximum absolute atomic E-state index is 6.48. The summed E-state index contributed by atoms with van der Waals surface area (Å²) in [4.78, 5) is 4.73. The zero-order valence-electron chi connectivity index (χ0n) is 67.1. The molecule has 0 saturated heterocycles. The highest BCUT2D eigenvalue weighted by Crippen LogP contribution is 2.53. The highest BCUT2D eigenvalue weighted by Gasteiger charge is 2.37. The number of furan rings is 2. The van der Waals surface area contributed by atoms with Crippen molar-refractivity contribution in [3.8, 4) is 122 Å². The molecule has 1 aliphatic rings. The van der Waals surface area contributed by atoms with Gasteiger partial charge in [-0.25, -0.2) is 0 Å². The summed E-state index contributed by atoms with van der Waals surface area (Å²) in [6, 6.07) is 166. The Morgan fingerprint density at radius 1 is 0.165 bits per heavy atom.